The summed E-state index contributed by atoms with van der Waals surface area (Å²) in [6, 6.07) is 0.199. The molecule has 0 heterocycles. The quantitative estimate of drug-likeness (QED) is 0.705. The van der Waals surface area contributed by atoms with Crippen molar-refractivity contribution in [1.29, 1.82) is 0 Å². The number of nitrogens with one attached hydrogen (secondary N) is 1. The SMILES string of the molecule is CCN(CC)C(=O)CCNC1CCCC1O. The molecule has 0 aromatic rings. The maximum absolute atomic E-state index is 11.7. The molecule has 2 N–H and O–H groups in total. The minimum atomic E-state index is -0.219. The van der Waals surface area contributed by atoms with E-state index in [0.717, 1.165) is 32.4 Å². The van der Waals surface area contributed by atoms with E-state index in [1.165, 1.54) is 0 Å². The van der Waals surface area contributed by atoms with E-state index in [2.05, 4.69) is 5.32 Å². The second-order valence-corrected chi connectivity index (χ2v) is 4.37. The Morgan fingerprint density at radius 2 is 2.06 bits per heavy atom. The fourth-order valence-corrected chi connectivity index (χ4v) is 2.28. The number of hydrogen-bond acceptors (Lipinski definition) is 3. The van der Waals surface area contributed by atoms with Crippen LogP contribution in [-0.4, -0.2) is 47.7 Å². The normalized spacial score (nSPS) is 24.7. The summed E-state index contributed by atoms with van der Waals surface area (Å²) in [6.45, 7) is 6.23. The van der Waals surface area contributed by atoms with Gasteiger partial charge in [0.2, 0.25) is 5.91 Å². The number of carbonyl (C=O) groups excluding carboxylic acids is 1. The van der Waals surface area contributed by atoms with Gasteiger partial charge in [-0.15, -0.1) is 0 Å². The monoisotopic (exact) mass is 228 g/mol. The molecular formula is C12H24N2O2. The number of aliphatic hydroxyl groups is 1. The lowest BCUT2D eigenvalue weighted by Crippen LogP contribution is -2.39. The largest absolute Gasteiger partial charge is 0.392 e. The standard InChI is InChI=1S/C12H24N2O2/c1-3-14(4-2)12(16)8-9-13-10-6-5-7-11(10)15/h10-11,13,15H,3-9H2,1-2H3. The number of aliphatic hydroxyl groups excluding tert-OH is 1. The summed E-state index contributed by atoms with van der Waals surface area (Å²) in [5.74, 6) is 0.199. The van der Waals surface area contributed by atoms with E-state index >= 15 is 0 Å². The Kier molecular flexibility index (Phi) is 5.77. The van der Waals surface area contributed by atoms with Crippen molar-refractivity contribution in [1.82, 2.24) is 10.2 Å². The fraction of sp³-hybridized carbons (Fsp3) is 0.917. The van der Waals surface area contributed by atoms with Gasteiger partial charge in [0.05, 0.1) is 6.10 Å². The summed E-state index contributed by atoms with van der Waals surface area (Å²) in [5.41, 5.74) is 0. The second-order valence-electron chi connectivity index (χ2n) is 4.37. The van der Waals surface area contributed by atoms with Crippen LogP contribution in [0.2, 0.25) is 0 Å². The first-order valence-electron chi connectivity index (χ1n) is 6.38. The zero-order valence-corrected chi connectivity index (χ0v) is 10.4. The second kappa shape index (κ2) is 6.86. The molecular weight excluding hydrogens is 204 g/mol. The van der Waals surface area contributed by atoms with Gasteiger partial charge in [0.25, 0.3) is 0 Å². The molecule has 1 aliphatic rings. The van der Waals surface area contributed by atoms with Crippen LogP contribution >= 0.6 is 0 Å². The molecule has 0 spiro atoms. The van der Waals surface area contributed by atoms with Crippen molar-refractivity contribution in [2.75, 3.05) is 19.6 Å². The Balaban J connectivity index is 2.17. The van der Waals surface area contributed by atoms with E-state index in [1.807, 2.05) is 18.7 Å². The smallest absolute Gasteiger partial charge is 0.223 e. The van der Waals surface area contributed by atoms with Gasteiger partial charge in [0, 0.05) is 32.1 Å². The van der Waals surface area contributed by atoms with Crippen molar-refractivity contribution < 1.29 is 9.90 Å². The summed E-state index contributed by atoms with van der Waals surface area (Å²) in [6.07, 6.45) is 3.32. The number of nitrogens with zero attached hydrogens (tertiary/aromatic N) is 1. The van der Waals surface area contributed by atoms with Gasteiger partial charge in [-0.2, -0.15) is 0 Å². The lowest BCUT2D eigenvalue weighted by atomic mass is 10.2. The van der Waals surface area contributed by atoms with Crippen LogP contribution in [-0.2, 0) is 4.79 Å². The highest BCUT2D eigenvalue weighted by molar-refractivity contribution is 5.76. The Hall–Kier alpha value is -0.610. The predicted octanol–water partition coefficient (Wildman–Crippen LogP) is 0.748. The number of hydrogen-bond donors (Lipinski definition) is 2. The van der Waals surface area contributed by atoms with Crippen molar-refractivity contribution in [2.24, 2.45) is 0 Å². The highest BCUT2D eigenvalue weighted by Gasteiger charge is 2.24. The molecule has 4 heteroatoms. The van der Waals surface area contributed by atoms with Crippen LogP contribution in [0.15, 0.2) is 0 Å². The first-order valence-corrected chi connectivity index (χ1v) is 6.38. The maximum Gasteiger partial charge on any atom is 0.223 e. The van der Waals surface area contributed by atoms with Gasteiger partial charge >= 0.3 is 0 Å². The van der Waals surface area contributed by atoms with Crippen LogP contribution in [0.25, 0.3) is 0 Å². The number of amides is 1. The van der Waals surface area contributed by atoms with Crippen LogP contribution in [0.3, 0.4) is 0 Å². The minimum Gasteiger partial charge on any atom is -0.392 e. The molecule has 1 rings (SSSR count). The van der Waals surface area contributed by atoms with E-state index < -0.39 is 0 Å². The summed E-state index contributed by atoms with van der Waals surface area (Å²) in [4.78, 5) is 13.5. The van der Waals surface area contributed by atoms with Gasteiger partial charge in [0.1, 0.15) is 0 Å². The zero-order chi connectivity index (χ0) is 12.0. The van der Waals surface area contributed by atoms with Crippen LogP contribution in [0.1, 0.15) is 39.5 Å². The molecule has 2 atom stereocenters. The molecule has 0 saturated heterocycles. The lowest BCUT2D eigenvalue weighted by Gasteiger charge is -2.20. The molecule has 1 fully saturated rings. The Bertz CT molecular complexity index is 217. The molecule has 1 saturated carbocycles. The molecule has 94 valence electrons. The van der Waals surface area contributed by atoms with Gasteiger partial charge in [-0.3, -0.25) is 4.79 Å². The van der Waals surface area contributed by atoms with E-state index in [4.69, 9.17) is 0 Å². The van der Waals surface area contributed by atoms with Crippen molar-refractivity contribution in [3.63, 3.8) is 0 Å². The van der Waals surface area contributed by atoms with E-state index in [1.54, 1.807) is 0 Å². The number of carbonyl (C=O) groups is 1. The molecule has 0 aliphatic heterocycles. The van der Waals surface area contributed by atoms with Crippen LogP contribution in [0, 0.1) is 0 Å². The third kappa shape index (κ3) is 3.76. The first kappa shape index (κ1) is 13.5. The molecule has 1 aliphatic carbocycles. The number of rotatable bonds is 6. The van der Waals surface area contributed by atoms with Crippen molar-refractivity contribution >= 4 is 5.91 Å². The first-order chi connectivity index (χ1) is 7.69. The van der Waals surface area contributed by atoms with Gasteiger partial charge < -0.3 is 15.3 Å². The zero-order valence-electron chi connectivity index (χ0n) is 10.4. The van der Waals surface area contributed by atoms with E-state index in [9.17, 15) is 9.90 Å². The fourth-order valence-electron chi connectivity index (χ4n) is 2.28. The predicted molar refractivity (Wildman–Crippen MR) is 64.2 cm³/mol. The van der Waals surface area contributed by atoms with Crippen LogP contribution in [0.4, 0.5) is 0 Å². The molecule has 0 radical (unpaired) electrons. The molecule has 0 aromatic carbocycles. The average Bonchev–Trinajstić information content (AvgIpc) is 2.66. The summed E-state index contributed by atoms with van der Waals surface area (Å²) in [7, 11) is 0. The highest BCUT2D eigenvalue weighted by atomic mass is 16.3. The Morgan fingerprint density at radius 1 is 1.38 bits per heavy atom. The van der Waals surface area contributed by atoms with E-state index in [-0.39, 0.29) is 18.1 Å². The Labute approximate surface area is 98.0 Å². The highest BCUT2D eigenvalue weighted by Crippen LogP contribution is 2.18. The third-order valence-electron chi connectivity index (χ3n) is 3.34. The summed E-state index contributed by atoms with van der Waals surface area (Å²) in [5, 5.41) is 12.9. The van der Waals surface area contributed by atoms with Gasteiger partial charge in [-0.1, -0.05) is 0 Å². The average molecular weight is 228 g/mol. The lowest BCUT2D eigenvalue weighted by molar-refractivity contribution is -0.130. The van der Waals surface area contributed by atoms with Crippen molar-refractivity contribution in [2.45, 2.75) is 51.7 Å². The van der Waals surface area contributed by atoms with Crippen LogP contribution < -0.4 is 5.32 Å². The van der Waals surface area contributed by atoms with Crippen LogP contribution in [0.5, 0.6) is 0 Å². The van der Waals surface area contributed by atoms with Gasteiger partial charge in [-0.25, -0.2) is 0 Å². The maximum atomic E-state index is 11.7. The van der Waals surface area contributed by atoms with Gasteiger partial charge in [0.15, 0.2) is 0 Å². The van der Waals surface area contributed by atoms with Gasteiger partial charge in [-0.05, 0) is 33.1 Å². The molecule has 0 bridgehead atoms. The van der Waals surface area contributed by atoms with E-state index in [0.29, 0.717) is 13.0 Å². The summed E-state index contributed by atoms with van der Waals surface area (Å²) < 4.78 is 0. The summed E-state index contributed by atoms with van der Waals surface area (Å²) >= 11 is 0. The molecule has 2 unspecified atom stereocenters. The topological polar surface area (TPSA) is 52.6 Å². The molecule has 4 nitrogen and oxygen atoms in total. The molecule has 1 amide bonds. The third-order valence-corrected chi connectivity index (χ3v) is 3.34. The van der Waals surface area contributed by atoms with Crippen molar-refractivity contribution in [3.8, 4) is 0 Å². The molecule has 0 aromatic heterocycles. The Morgan fingerprint density at radius 3 is 2.56 bits per heavy atom. The molecule has 16 heavy (non-hydrogen) atoms. The minimum absolute atomic E-state index is 0.199. The van der Waals surface area contributed by atoms with Crippen molar-refractivity contribution in [3.05, 3.63) is 0 Å².